The van der Waals surface area contributed by atoms with Gasteiger partial charge in [0.2, 0.25) is 5.91 Å². The number of carbonyl (C=O) groups excluding carboxylic acids is 2. The molecule has 4 N–H and O–H groups in total. The molecule has 9 heteroatoms. The first-order valence-corrected chi connectivity index (χ1v) is 8.98. The number of benzene rings is 1. The SMILES string of the molecule is CSCCC(NC(=O)c1ccccc1Cl)C(=O)NCC(F)(F)CN. The van der Waals surface area contributed by atoms with E-state index in [9.17, 15) is 18.4 Å². The fourth-order valence-corrected chi connectivity index (χ4v) is 2.49. The Hall–Kier alpha value is -1.38. The summed E-state index contributed by atoms with van der Waals surface area (Å²) in [5.41, 5.74) is 5.15. The molecule has 0 aliphatic carbocycles. The van der Waals surface area contributed by atoms with Crippen LogP contribution < -0.4 is 16.4 Å². The van der Waals surface area contributed by atoms with Crippen molar-refractivity contribution >= 4 is 35.2 Å². The third-order valence-electron chi connectivity index (χ3n) is 3.17. The van der Waals surface area contributed by atoms with Crippen LogP contribution in [0.4, 0.5) is 8.78 Å². The third-order valence-corrected chi connectivity index (χ3v) is 4.14. The van der Waals surface area contributed by atoms with Crippen LogP contribution in [0.5, 0.6) is 0 Å². The number of carbonyl (C=O) groups is 2. The second-order valence-corrected chi connectivity index (χ2v) is 6.46. The minimum atomic E-state index is -3.19. The van der Waals surface area contributed by atoms with Crippen molar-refractivity contribution in [2.45, 2.75) is 18.4 Å². The Morgan fingerprint density at radius 1 is 1.38 bits per heavy atom. The van der Waals surface area contributed by atoms with E-state index in [2.05, 4.69) is 10.6 Å². The highest BCUT2D eigenvalue weighted by Crippen LogP contribution is 2.15. The van der Waals surface area contributed by atoms with Gasteiger partial charge in [-0.05, 0) is 30.6 Å². The monoisotopic (exact) mass is 379 g/mol. The summed E-state index contributed by atoms with van der Waals surface area (Å²) in [5, 5.41) is 4.91. The number of thioether (sulfide) groups is 1. The van der Waals surface area contributed by atoms with E-state index in [0.29, 0.717) is 12.2 Å². The quantitative estimate of drug-likeness (QED) is 0.612. The van der Waals surface area contributed by atoms with Crippen molar-refractivity contribution in [1.29, 1.82) is 0 Å². The first kappa shape index (κ1) is 20.7. The number of nitrogens with two attached hydrogens (primary N) is 1. The normalized spacial score (nSPS) is 12.5. The molecule has 0 radical (unpaired) electrons. The fraction of sp³-hybridized carbons (Fsp3) is 0.467. The van der Waals surface area contributed by atoms with Gasteiger partial charge in [0.25, 0.3) is 11.8 Å². The Bertz CT molecular complexity index is 575. The van der Waals surface area contributed by atoms with Crippen molar-refractivity contribution in [2.75, 3.05) is 25.1 Å². The van der Waals surface area contributed by atoms with Crippen molar-refractivity contribution in [1.82, 2.24) is 10.6 Å². The molecule has 2 amide bonds. The van der Waals surface area contributed by atoms with Gasteiger partial charge in [0.15, 0.2) is 0 Å². The summed E-state index contributed by atoms with van der Waals surface area (Å²) in [6.45, 7) is -1.74. The maximum Gasteiger partial charge on any atom is 0.277 e. The number of hydrogen-bond donors (Lipinski definition) is 3. The summed E-state index contributed by atoms with van der Waals surface area (Å²) in [5.74, 6) is -3.83. The molecule has 0 saturated heterocycles. The van der Waals surface area contributed by atoms with E-state index >= 15 is 0 Å². The van der Waals surface area contributed by atoms with Gasteiger partial charge in [0.1, 0.15) is 6.04 Å². The average molecular weight is 380 g/mol. The van der Waals surface area contributed by atoms with Gasteiger partial charge in [0, 0.05) is 0 Å². The minimum absolute atomic E-state index is 0.216. The molecular weight excluding hydrogens is 360 g/mol. The molecule has 24 heavy (non-hydrogen) atoms. The van der Waals surface area contributed by atoms with Crippen molar-refractivity contribution in [3.05, 3.63) is 34.9 Å². The highest BCUT2D eigenvalue weighted by Gasteiger charge is 2.29. The van der Waals surface area contributed by atoms with E-state index in [1.807, 2.05) is 6.26 Å². The van der Waals surface area contributed by atoms with Gasteiger partial charge in [-0.15, -0.1) is 0 Å². The summed E-state index contributed by atoms with van der Waals surface area (Å²) in [6.07, 6.45) is 2.14. The van der Waals surface area contributed by atoms with Crippen molar-refractivity contribution in [3.63, 3.8) is 0 Å². The minimum Gasteiger partial charge on any atom is -0.348 e. The van der Waals surface area contributed by atoms with Crippen LogP contribution in [0.25, 0.3) is 0 Å². The predicted octanol–water partition coefficient (Wildman–Crippen LogP) is 1.90. The molecule has 0 saturated carbocycles. The molecule has 0 fully saturated rings. The standard InChI is InChI=1S/C15H20ClF2N3O2S/c1-24-7-6-12(14(23)20-9-15(17,18)8-19)21-13(22)10-4-2-3-5-11(10)16/h2-5,12H,6-9,19H2,1H3,(H,20,23)(H,21,22). The third kappa shape index (κ3) is 6.62. The Morgan fingerprint density at radius 2 is 2.04 bits per heavy atom. The van der Waals surface area contributed by atoms with Crippen LogP contribution in [-0.2, 0) is 4.79 Å². The molecule has 5 nitrogen and oxygen atoms in total. The summed E-state index contributed by atoms with van der Waals surface area (Å²) in [6, 6.07) is 5.44. The molecule has 1 aromatic carbocycles. The molecule has 1 atom stereocenters. The van der Waals surface area contributed by atoms with Gasteiger partial charge in [-0.1, -0.05) is 23.7 Å². The Labute approximate surface area is 148 Å². The second-order valence-electron chi connectivity index (χ2n) is 5.07. The summed E-state index contributed by atoms with van der Waals surface area (Å²) < 4.78 is 26.3. The number of halogens is 3. The smallest absolute Gasteiger partial charge is 0.277 e. The number of amides is 2. The van der Waals surface area contributed by atoms with Crippen molar-refractivity contribution in [2.24, 2.45) is 5.73 Å². The van der Waals surface area contributed by atoms with E-state index in [-0.39, 0.29) is 10.6 Å². The van der Waals surface area contributed by atoms with Gasteiger partial charge in [-0.25, -0.2) is 8.78 Å². The largest absolute Gasteiger partial charge is 0.348 e. The van der Waals surface area contributed by atoms with Crippen molar-refractivity contribution < 1.29 is 18.4 Å². The molecule has 0 aliphatic heterocycles. The van der Waals surface area contributed by atoms with Crippen LogP contribution in [-0.4, -0.2) is 48.9 Å². The first-order chi connectivity index (χ1) is 11.3. The zero-order chi connectivity index (χ0) is 18.2. The van der Waals surface area contributed by atoms with Crippen LogP contribution in [0.1, 0.15) is 16.8 Å². The van der Waals surface area contributed by atoms with Crippen LogP contribution >= 0.6 is 23.4 Å². The highest BCUT2D eigenvalue weighted by atomic mass is 35.5. The lowest BCUT2D eigenvalue weighted by molar-refractivity contribution is -0.124. The fourth-order valence-electron chi connectivity index (χ4n) is 1.80. The average Bonchev–Trinajstić information content (AvgIpc) is 2.56. The molecular formula is C15H20ClF2N3O2S. The molecule has 1 unspecified atom stereocenters. The number of rotatable bonds is 9. The predicted molar refractivity (Wildman–Crippen MR) is 92.7 cm³/mol. The summed E-state index contributed by atoms with van der Waals surface area (Å²) in [4.78, 5) is 24.4. The zero-order valence-electron chi connectivity index (χ0n) is 13.2. The van der Waals surface area contributed by atoms with Gasteiger partial charge in [-0.3, -0.25) is 9.59 Å². The molecule has 0 heterocycles. The molecule has 0 aromatic heterocycles. The van der Waals surface area contributed by atoms with Crippen LogP contribution in [0.3, 0.4) is 0 Å². The van der Waals surface area contributed by atoms with Crippen LogP contribution in [0.15, 0.2) is 24.3 Å². The second kappa shape index (κ2) is 9.80. The first-order valence-electron chi connectivity index (χ1n) is 7.20. The van der Waals surface area contributed by atoms with E-state index in [1.54, 1.807) is 18.2 Å². The summed E-state index contributed by atoms with van der Waals surface area (Å²) >= 11 is 7.42. The van der Waals surface area contributed by atoms with E-state index in [1.165, 1.54) is 17.8 Å². The van der Waals surface area contributed by atoms with Gasteiger partial charge in [-0.2, -0.15) is 11.8 Å². The number of nitrogens with one attached hydrogen (secondary N) is 2. The van der Waals surface area contributed by atoms with Crippen LogP contribution in [0, 0.1) is 0 Å². The van der Waals surface area contributed by atoms with E-state index in [4.69, 9.17) is 17.3 Å². The topological polar surface area (TPSA) is 84.2 Å². The Balaban J connectivity index is 2.76. The Kier molecular flexibility index (Phi) is 8.44. The van der Waals surface area contributed by atoms with E-state index < -0.39 is 36.9 Å². The molecule has 0 aliphatic rings. The number of hydrogen-bond acceptors (Lipinski definition) is 4. The lowest BCUT2D eigenvalue weighted by Gasteiger charge is -2.20. The van der Waals surface area contributed by atoms with E-state index in [0.717, 1.165) is 0 Å². The molecule has 0 spiro atoms. The zero-order valence-corrected chi connectivity index (χ0v) is 14.7. The van der Waals surface area contributed by atoms with Crippen molar-refractivity contribution in [3.8, 4) is 0 Å². The lowest BCUT2D eigenvalue weighted by Crippen LogP contribution is -2.50. The molecule has 1 aromatic rings. The van der Waals surface area contributed by atoms with Crippen LogP contribution in [0.2, 0.25) is 5.02 Å². The molecule has 1 rings (SSSR count). The summed E-state index contributed by atoms with van der Waals surface area (Å²) in [7, 11) is 0. The van der Waals surface area contributed by atoms with Gasteiger partial charge in [0.05, 0.1) is 23.7 Å². The lowest BCUT2D eigenvalue weighted by atomic mass is 10.1. The number of alkyl halides is 2. The van der Waals surface area contributed by atoms with Gasteiger partial charge >= 0.3 is 0 Å². The molecule has 134 valence electrons. The Morgan fingerprint density at radius 3 is 2.62 bits per heavy atom. The maximum absolute atomic E-state index is 13.2. The molecule has 0 bridgehead atoms. The maximum atomic E-state index is 13.2. The van der Waals surface area contributed by atoms with Gasteiger partial charge < -0.3 is 16.4 Å². The highest BCUT2D eigenvalue weighted by molar-refractivity contribution is 7.98.